The first-order chi connectivity index (χ1) is 17.4. The number of allylic oxidation sites excluding steroid dienone is 1. The first kappa shape index (κ1) is 24.5. The fourth-order valence-corrected chi connectivity index (χ4v) is 5.02. The van der Waals surface area contributed by atoms with Gasteiger partial charge in [0.15, 0.2) is 5.76 Å². The Morgan fingerprint density at radius 3 is 2.67 bits per heavy atom. The minimum absolute atomic E-state index is 0.166. The quantitative estimate of drug-likeness (QED) is 0.350. The molecule has 0 aliphatic carbocycles. The molecule has 0 N–H and O–H groups in total. The van der Waals surface area contributed by atoms with E-state index in [1.807, 2.05) is 25.1 Å². The molecule has 186 valence electrons. The van der Waals surface area contributed by atoms with Gasteiger partial charge in [-0.2, -0.15) is 0 Å². The van der Waals surface area contributed by atoms with Crippen LogP contribution in [0, 0.1) is 6.92 Å². The Kier molecular flexibility index (Phi) is 6.84. The van der Waals surface area contributed by atoms with Gasteiger partial charge < -0.3 is 18.9 Å². The van der Waals surface area contributed by atoms with E-state index >= 15 is 0 Å². The molecule has 0 spiro atoms. The summed E-state index contributed by atoms with van der Waals surface area (Å²) in [6.45, 7) is 3.65. The highest BCUT2D eigenvalue weighted by molar-refractivity contribution is 6.35. The van der Waals surface area contributed by atoms with Gasteiger partial charge in [0.1, 0.15) is 29.7 Å². The second kappa shape index (κ2) is 10.1. The Bertz CT molecular complexity index is 1380. The summed E-state index contributed by atoms with van der Waals surface area (Å²) in [5, 5.41) is 1.26. The predicted octanol–water partition coefficient (Wildman–Crippen LogP) is 6.33. The van der Waals surface area contributed by atoms with Crippen LogP contribution in [0.5, 0.6) is 23.0 Å². The van der Waals surface area contributed by atoms with Gasteiger partial charge in [-0.3, -0.25) is 9.69 Å². The van der Waals surface area contributed by atoms with Gasteiger partial charge in [0.05, 0.1) is 25.3 Å². The van der Waals surface area contributed by atoms with Crippen molar-refractivity contribution in [2.45, 2.75) is 19.9 Å². The maximum atomic E-state index is 13.4. The van der Waals surface area contributed by atoms with Crippen LogP contribution >= 0.6 is 23.2 Å². The zero-order valence-corrected chi connectivity index (χ0v) is 21.7. The smallest absolute Gasteiger partial charge is 0.232 e. The van der Waals surface area contributed by atoms with Crippen LogP contribution in [0.2, 0.25) is 10.0 Å². The van der Waals surface area contributed by atoms with Crippen LogP contribution in [0.15, 0.2) is 48.2 Å². The molecule has 0 atom stereocenters. The van der Waals surface area contributed by atoms with E-state index in [1.54, 1.807) is 44.6 Å². The van der Waals surface area contributed by atoms with Crippen molar-refractivity contribution < 1.29 is 23.7 Å². The van der Waals surface area contributed by atoms with Crippen molar-refractivity contribution in [2.75, 3.05) is 27.5 Å². The van der Waals surface area contributed by atoms with E-state index in [-0.39, 0.29) is 11.5 Å². The number of nitrogens with zero attached hydrogens (tertiary/aromatic N) is 1. The fourth-order valence-electron chi connectivity index (χ4n) is 4.52. The van der Waals surface area contributed by atoms with Gasteiger partial charge in [-0.25, -0.2) is 0 Å². The highest BCUT2D eigenvalue weighted by Gasteiger charge is 2.35. The number of hydrogen-bond donors (Lipinski definition) is 0. The number of Topliss-reactive ketones (excluding diaryl/α,β-unsaturated/α-hetero) is 1. The molecule has 0 bridgehead atoms. The highest BCUT2D eigenvalue weighted by Crippen LogP contribution is 2.44. The lowest BCUT2D eigenvalue weighted by Crippen LogP contribution is -2.34. The second-order valence-corrected chi connectivity index (χ2v) is 9.58. The molecule has 0 radical (unpaired) electrons. The lowest BCUT2D eigenvalue weighted by atomic mass is 9.98. The molecule has 0 saturated heterocycles. The van der Waals surface area contributed by atoms with Crippen molar-refractivity contribution in [3.05, 3.63) is 86.1 Å². The molecule has 3 aromatic rings. The average Bonchev–Trinajstić information content (AvgIpc) is 3.20. The SMILES string of the molecule is COc1ccc(OC)c(/C=C2/Oc3c4c(cc(C)c3C2=O)OCN(CCc2ccc(Cl)cc2Cl)C4)c1. The van der Waals surface area contributed by atoms with E-state index in [9.17, 15) is 4.79 Å². The summed E-state index contributed by atoms with van der Waals surface area (Å²) in [6.07, 6.45) is 2.43. The van der Waals surface area contributed by atoms with Gasteiger partial charge >= 0.3 is 0 Å². The van der Waals surface area contributed by atoms with E-state index in [0.717, 1.165) is 35.4 Å². The first-order valence-electron chi connectivity index (χ1n) is 11.5. The van der Waals surface area contributed by atoms with Crippen molar-refractivity contribution in [3.8, 4) is 23.0 Å². The first-order valence-corrected chi connectivity index (χ1v) is 12.3. The number of carbonyl (C=O) groups is 1. The Labute approximate surface area is 219 Å². The molecule has 2 aliphatic rings. The summed E-state index contributed by atoms with van der Waals surface area (Å²) >= 11 is 12.4. The van der Waals surface area contributed by atoms with Crippen LogP contribution in [0.25, 0.3) is 6.08 Å². The Morgan fingerprint density at radius 1 is 1.08 bits per heavy atom. The van der Waals surface area contributed by atoms with Crippen LogP contribution in [0.3, 0.4) is 0 Å². The van der Waals surface area contributed by atoms with Crippen LogP contribution in [0.4, 0.5) is 0 Å². The van der Waals surface area contributed by atoms with Crippen molar-refractivity contribution in [1.82, 2.24) is 4.90 Å². The number of methoxy groups -OCH3 is 2. The van der Waals surface area contributed by atoms with Gasteiger partial charge in [0.25, 0.3) is 0 Å². The number of ketones is 1. The standard InChI is InChI=1S/C28H25Cl2NO5/c1-16-10-24-21(14-31(15-35-24)9-8-17-4-5-19(29)13-22(17)30)28-26(16)27(32)25(36-28)12-18-11-20(33-2)6-7-23(18)34-3/h4-7,10-13H,8-9,14-15H2,1-3H3/b25-12+. The molecule has 0 aromatic heterocycles. The largest absolute Gasteiger partial charge is 0.497 e. The molecule has 2 heterocycles. The van der Waals surface area contributed by atoms with E-state index in [4.69, 9.17) is 42.1 Å². The maximum absolute atomic E-state index is 13.4. The second-order valence-electron chi connectivity index (χ2n) is 8.73. The van der Waals surface area contributed by atoms with Crippen LogP contribution < -0.4 is 18.9 Å². The molecule has 0 unspecified atom stereocenters. The number of halogens is 2. The average molecular weight is 526 g/mol. The molecule has 36 heavy (non-hydrogen) atoms. The number of fused-ring (bicyclic) bond motifs is 3. The molecule has 6 nitrogen and oxygen atoms in total. The summed E-state index contributed by atoms with van der Waals surface area (Å²) in [5.41, 5.74) is 3.95. The monoisotopic (exact) mass is 525 g/mol. The molecule has 5 rings (SSSR count). The third kappa shape index (κ3) is 4.64. The van der Waals surface area contributed by atoms with Crippen molar-refractivity contribution in [2.24, 2.45) is 0 Å². The molecule has 8 heteroatoms. The number of carbonyl (C=O) groups excluding carboxylic acids is 1. The highest BCUT2D eigenvalue weighted by atomic mass is 35.5. The molecule has 0 amide bonds. The van der Waals surface area contributed by atoms with Gasteiger partial charge in [0, 0.05) is 28.7 Å². The topological polar surface area (TPSA) is 57.2 Å². The van der Waals surface area contributed by atoms with Crippen molar-refractivity contribution in [1.29, 1.82) is 0 Å². The van der Waals surface area contributed by atoms with Crippen molar-refractivity contribution >= 4 is 35.1 Å². The Balaban J connectivity index is 1.42. The number of rotatable bonds is 6. The molecule has 3 aromatic carbocycles. The number of hydrogen-bond acceptors (Lipinski definition) is 6. The van der Waals surface area contributed by atoms with Crippen LogP contribution in [0.1, 0.15) is 32.6 Å². The minimum atomic E-state index is -0.166. The number of aryl methyl sites for hydroxylation is 1. The van der Waals surface area contributed by atoms with Gasteiger partial charge in [-0.05, 0) is 66.9 Å². The van der Waals surface area contributed by atoms with Crippen molar-refractivity contribution in [3.63, 3.8) is 0 Å². The summed E-state index contributed by atoms with van der Waals surface area (Å²) in [4.78, 5) is 15.5. The van der Waals surface area contributed by atoms with Crippen LogP contribution in [-0.2, 0) is 13.0 Å². The predicted molar refractivity (Wildman–Crippen MR) is 140 cm³/mol. The third-order valence-corrected chi connectivity index (χ3v) is 7.01. The van der Waals surface area contributed by atoms with E-state index in [0.29, 0.717) is 51.7 Å². The summed E-state index contributed by atoms with van der Waals surface area (Å²) in [7, 11) is 3.17. The molecule has 0 saturated carbocycles. The van der Waals surface area contributed by atoms with E-state index in [2.05, 4.69) is 4.90 Å². The van der Waals surface area contributed by atoms with E-state index < -0.39 is 0 Å². The van der Waals surface area contributed by atoms with Crippen LogP contribution in [-0.4, -0.2) is 38.2 Å². The minimum Gasteiger partial charge on any atom is -0.497 e. The molecule has 2 aliphatic heterocycles. The van der Waals surface area contributed by atoms with E-state index in [1.165, 1.54) is 0 Å². The Hall–Kier alpha value is -3.19. The lowest BCUT2D eigenvalue weighted by Gasteiger charge is -2.30. The lowest BCUT2D eigenvalue weighted by molar-refractivity contribution is 0.0949. The van der Waals surface area contributed by atoms with Gasteiger partial charge in [-0.1, -0.05) is 29.3 Å². The number of ether oxygens (including phenoxy) is 4. The fraction of sp³-hybridized carbons (Fsp3) is 0.250. The summed E-state index contributed by atoms with van der Waals surface area (Å²) < 4.78 is 23.0. The zero-order valence-electron chi connectivity index (χ0n) is 20.2. The Morgan fingerprint density at radius 2 is 1.92 bits per heavy atom. The van der Waals surface area contributed by atoms with Gasteiger partial charge in [0.2, 0.25) is 5.78 Å². The molecular weight excluding hydrogens is 501 g/mol. The molecule has 0 fully saturated rings. The number of benzene rings is 3. The molecular formula is C28H25Cl2NO5. The normalized spacial score (nSPS) is 15.8. The summed E-state index contributed by atoms with van der Waals surface area (Å²) in [5.74, 6) is 2.63. The zero-order chi connectivity index (χ0) is 25.4. The summed E-state index contributed by atoms with van der Waals surface area (Å²) in [6, 6.07) is 12.8. The maximum Gasteiger partial charge on any atom is 0.232 e. The third-order valence-electron chi connectivity index (χ3n) is 6.42. The van der Waals surface area contributed by atoms with Gasteiger partial charge in [-0.15, -0.1) is 0 Å².